The summed E-state index contributed by atoms with van der Waals surface area (Å²) in [7, 11) is -2.59. The lowest BCUT2D eigenvalue weighted by Gasteiger charge is -2.23. The molecule has 0 unspecified atom stereocenters. The molecule has 0 saturated heterocycles. The van der Waals surface area contributed by atoms with Crippen LogP contribution < -0.4 is 14.2 Å². The summed E-state index contributed by atoms with van der Waals surface area (Å²) < 4.78 is 40.8. The maximum Gasteiger partial charge on any atom is 0.213 e. The number of hydrogen-bond acceptors (Lipinski definition) is 5. The first-order valence-corrected chi connectivity index (χ1v) is 13.9. The van der Waals surface area contributed by atoms with Crippen molar-refractivity contribution in [3.8, 4) is 5.75 Å². The molecule has 0 saturated carbocycles. The molecular weight excluding hydrogens is 484 g/mol. The number of fused-ring (bicyclic) bond motifs is 1. The van der Waals surface area contributed by atoms with Gasteiger partial charge in [-0.05, 0) is 79.6 Å². The van der Waals surface area contributed by atoms with Gasteiger partial charge in [0.25, 0.3) is 0 Å². The molecule has 0 aliphatic carbocycles. The second-order valence-corrected chi connectivity index (χ2v) is 10.5. The summed E-state index contributed by atoms with van der Waals surface area (Å²) in [5.74, 6) is 0.450. The Hall–Kier alpha value is -3.68. The number of ether oxygens (including phenoxy) is 1. The van der Waals surface area contributed by atoms with Crippen molar-refractivity contribution in [2.24, 2.45) is 0 Å². The fourth-order valence-corrected chi connectivity index (χ4v) is 4.93. The van der Waals surface area contributed by atoms with Gasteiger partial charge in [0, 0.05) is 53.7 Å². The van der Waals surface area contributed by atoms with Crippen molar-refractivity contribution in [3.63, 3.8) is 0 Å². The molecule has 0 N–H and O–H groups in total. The highest BCUT2D eigenvalue weighted by Crippen LogP contribution is 2.27. The van der Waals surface area contributed by atoms with Crippen LogP contribution in [0.25, 0.3) is 23.1 Å². The Balaban J connectivity index is 1.59. The Morgan fingerprint density at radius 2 is 1.57 bits per heavy atom. The monoisotopic (exact) mass is 516 g/mol. The predicted octanol–water partition coefficient (Wildman–Crippen LogP) is 5.71. The van der Waals surface area contributed by atoms with Crippen LogP contribution in [0.2, 0.25) is 0 Å². The molecule has 0 amide bonds. The molecule has 37 heavy (non-hydrogen) atoms. The molecule has 0 radical (unpaired) electrons. The lowest BCUT2D eigenvalue weighted by Crippen LogP contribution is -2.38. The van der Waals surface area contributed by atoms with E-state index >= 15 is 0 Å². The fraction of sp³-hybridized carbons (Fsp3) is 0.233. The minimum atomic E-state index is -4.25. The van der Waals surface area contributed by atoms with Crippen molar-refractivity contribution >= 4 is 44.5 Å². The third-order valence-electron chi connectivity index (χ3n) is 6.35. The van der Waals surface area contributed by atoms with Crippen LogP contribution in [0, 0.1) is 6.92 Å². The number of rotatable bonds is 10. The van der Waals surface area contributed by atoms with E-state index in [-0.39, 0.29) is 12.2 Å². The number of anilines is 2. The molecule has 6 nitrogen and oxygen atoms in total. The second-order valence-electron chi connectivity index (χ2n) is 8.95. The quantitative estimate of drug-likeness (QED) is 0.199. The molecule has 4 rings (SSSR count). The summed E-state index contributed by atoms with van der Waals surface area (Å²) in [5, 5.41) is 1.07. The van der Waals surface area contributed by atoms with Crippen LogP contribution >= 0.6 is 0 Å². The van der Waals surface area contributed by atoms with E-state index in [9.17, 15) is 13.0 Å². The van der Waals surface area contributed by atoms with Crippen molar-refractivity contribution in [2.45, 2.75) is 26.8 Å². The Morgan fingerprint density at radius 1 is 0.919 bits per heavy atom. The minimum absolute atomic E-state index is 0.261. The molecule has 0 bridgehead atoms. The van der Waals surface area contributed by atoms with Gasteiger partial charge in [-0.15, -0.1) is 0 Å². The van der Waals surface area contributed by atoms with Crippen LogP contribution in [0.1, 0.15) is 30.2 Å². The lowest BCUT2D eigenvalue weighted by atomic mass is 10.1. The topological polar surface area (TPSA) is 73.6 Å². The SMILES string of the molecule is CCN(c1ccc(/C=C/c2ccc3ccc(C)cc3[n+]2CCCS(=O)(=O)[O-])cc1)c1ccc(OC)cc1. The molecule has 1 aromatic heterocycles. The number of benzene rings is 3. The molecule has 192 valence electrons. The van der Waals surface area contributed by atoms with E-state index in [0.29, 0.717) is 6.54 Å². The van der Waals surface area contributed by atoms with Crippen LogP contribution in [0.5, 0.6) is 5.75 Å². The summed E-state index contributed by atoms with van der Waals surface area (Å²) in [4.78, 5) is 2.23. The molecule has 0 atom stereocenters. The van der Waals surface area contributed by atoms with Crippen LogP contribution in [0.4, 0.5) is 11.4 Å². The summed E-state index contributed by atoms with van der Waals surface area (Å²) in [6.45, 7) is 5.42. The van der Waals surface area contributed by atoms with E-state index < -0.39 is 10.1 Å². The highest BCUT2D eigenvalue weighted by atomic mass is 32.2. The van der Waals surface area contributed by atoms with Crippen LogP contribution in [-0.2, 0) is 16.7 Å². The standard InChI is InChI=1S/C30H32N2O4S/c1-4-31(27-16-18-29(36-3)19-17-27)26-12-7-24(8-13-26)9-14-28-15-11-25-10-6-23(2)22-30(25)32(28)20-5-21-37(33,34)35/h6-19,22H,4-5,20-21H2,1-3H3. The van der Waals surface area contributed by atoms with Gasteiger partial charge >= 0.3 is 0 Å². The number of aryl methyl sites for hydroxylation is 2. The van der Waals surface area contributed by atoms with Gasteiger partial charge in [-0.3, -0.25) is 0 Å². The molecule has 7 heteroatoms. The van der Waals surface area contributed by atoms with E-state index in [1.54, 1.807) is 7.11 Å². The maximum absolute atomic E-state index is 11.2. The molecule has 1 heterocycles. The zero-order valence-corrected chi connectivity index (χ0v) is 22.2. The van der Waals surface area contributed by atoms with E-state index in [1.807, 2.05) is 37.3 Å². The van der Waals surface area contributed by atoms with Gasteiger partial charge in [0.15, 0.2) is 6.54 Å². The van der Waals surface area contributed by atoms with Gasteiger partial charge in [-0.25, -0.2) is 8.42 Å². The number of pyridine rings is 1. The number of hydrogen-bond donors (Lipinski definition) is 0. The molecule has 3 aromatic carbocycles. The smallest absolute Gasteiger partial charge is 0.213 e. The molecule has 0 aliphatic heterocycles. The summed E-state index contributed by atoms with van der Waals surface area (Å²) in [6, 6.07) is 26.7. The van der Waals surface area contributed by atoms with Gasteiger partial charge < -0.3 is 14.2 Å². The van der Waals surface area contributed by atoms with Crippen molar-refractivity contribution < 1.29 is 22.3 Å². The number of aromatic nitrogens is 1. The summed E-state index contributed by atoms with van der Waals surface area (Å²) >= 11 is 0. The van der Waals surface area contributed by atoms with Gasteiger partial charge in [0.1, 0.15) is 5.75 Å². The lowest BCUT2D eigenvalue weighted by molar-refractivity contribution is -0.673. The van der Waals surface area contributed by atoms with E-state index in [2.05, 4.69) is 77.1 Å². The average Bonchev–Trinajstić information content (AvgIpc) is 2.89. The largest absolute Gasteiger partial charge is 0.748 e. The number of methoxy groups -OCH3 is 1. The zero-order valence-electron chi connectivity index (χ0n) is 21.4. The Kier molecular flexibility index (Phi) is 8.26. The third kappa shape index (κ3) is 6.76. The van der Waals surface area contributed by atoms with E-state index in [0.717, 1.165) is 51.4 Å². The minimum Gasteiger partial charge on any atom is -0.748 e. The molecule has 0 spiro atoms. The highest BCUT2D eigenvalue weighted by Gasteiger charge is 2.15. The van der Waals surface area contributed by atoms with E-state index in [4.69, 9.17) is 4.74 Å². The molecule has 0 fully saturated rings. The Bertz CT molecular complexity index is 1500. The fourth-order valence-electron chi connectivity index (χ4n) is 4.45. The summed E-state index contributed by atoms with van der Waals surface area (Å²) in [6.07, 6.45) is 4.34. The number of nitrogens with zero attached hydrogens (tertiary/aromatic N) is 2. The van der Waals surface area contributed by atoms with Gasteiger partial charge in [0.2, 0.25) is 11.2 Å². The Morgan fingerprint density at radius 3 is 2.19 bits per heavy atom. The first-order valence-electron chi connectivity index (χ1n) is 12.3. The normalized spacial score (nSPS) is 11.8. The van der Waals surface area contributed by atoms with Crippen molar-refractivity contribution in [1.82, 2.24) is 0 Å². The summed E-state index contributed by atoms with van der Waals surface area (Å²) in [5.41, 5.74) is 6.32. The van der Waals surface area contributed by atoms with Crippen LogP contribution in [0.15, 0.2) is 78.9 Å². The first-order chi connectivity index (χ1) is 17.8. The van der Waals surface area contributed by atoms with Crippen molar-refractivity contribution in [3.05, 3.63) is 95.7 Å². The van der Waals surface area contributed by atoms with E-state index in [1.165, 1.54) is 0 Å². The van der Waals surface area contributed by atoms with Gasteiger partial charge in [0.05, 0.1) is 17.2 Å². The molecule has 4 aromatic rings. The van der Waals surface area contributed by atoms with Gasteiger partial charge in [-0.2, -0.15) is 4.57 Å². The second kappa shape index (κ2) is 11.6. The first kappa shape index (κ1) is 26.4. The van der Waals surface area contributed by atoms with Crippen LogP contribution in [-0.4, -0.2) is 32.4 Å². The third-order valence-corrected chi connectivity index (χ3v) is 7.14. The predicted molar refractivity (Wildman–Crippen MR) is 149 cm³/mol. The van der Waals surface area contributed by atoms with Crippen LogP contribution in [0.3, 0.4) is 0 Å². The molecule has 0 aliphatic rings. The van der Waals surface area contributed by atoms with Crippen molar-refractivity contribution in [2.75, 3.05) is 24.3 Å². The Labute approximate surface area is 219 Å². The average molecular weight is 517 g/mol. The highest BCUT2D eigenvalue weighted by molar-refractivity contribution is 7.85. The maximum atomic E-state index is 11.2. The van der Waals surface area contributed by atoms with Gasteiger partial charge in [-0.1, -0.05) is 18.2 Å². The zero-order chi connectivity index (χ0) is 26.4. The van der Waals surface area contributed by atoms with Crippen molar-refractivity contribution in [1.29, 1.82) is 0 Å². The molecular formula is C30H32N2O4S.